The van der Waals surface area contributed by atoms with Gasteiger partial charge in [0.2, 0.25) is 0 Å². The van der Waals surface area contributed by atoms with Crippen LogP contribution in [0.2, 0.25) is 0 Å². The van der Waals surface area contributed by atoms with Gasteiger partial charge < -0.3 is 57.4 Å². The lowest BCUT2D eigenvalue weighted by Gasteiger charge is -2.14. The minimum atomic E-state index is -1.56. The van der Waals surface area contributed by atoms with Crippen LogP contribution in [0.25, 0.3) is 0 Å². The van der Waals surface area contributed by atoms with Crippen LogP contribution in [0.15, 0.2) is 28.8 Å². The SMILES string of the molecule is [2H]P(COC(=O)NCCCCCCn1c(=O)n(CCCCCCCC(=O)OCC2CO2)c(=O)n(CCCCCCCC(=O)OCC2CO2)c1=O)CSOC(=O)CCCCCCCn1c(=O)n(CCCCCCCC(=O)OCC2CO2)c(=O)n(CCCCCCNC(=O)OCC2CO2)c1=O. The van der Waals surface area contributed by atoms with Gasteiger partial charge in [0, 0.05) is 78.0 Å². The number of carbonyl (C=O) groups excluding carboxylic acids is 6. The van der Waals surface area contributed by atoms with E-state index >= 15 is 0 Å². The molecule has 0 spiro atoms. The lowest BCUT2D eigenvalue weighted by Crippen LogP contribution is -2.54. The number of hydrogen-bond donors (Lipinski definition) is 2. The molecule has 2 amide bonds. The molecule has 6 rings (SSSR count). The molecule has 2 N–H and O–H groups in total. The molecule has 0 saturated carbocycles. The predicted octanol–water partition coefficient (Wildman–Crippen LogP) is 6.30. The topological polar surface area (TPSA) is 364 Å². The maximum Gasteiger partial charge on any atom is 0.407 e. The van der Waals surface area contributed by atoms with E-state index < -0.39 is 60.8 Å². The first-order chi connectivity index (χ1) is 48.1. The Hall–Kier alpha value is -6.14. The van der Waals surface area contributed by atoms with Gasteiger partial charge in [0.05, 0.1) is 45.2 Å². The van der Waals surface area contributed by atoms with Crippen LogP contribution in [0.5, 0.6) is 0 Å². The van der Waals surface area contributed by atoms with Crippen LogP contribution in [0.4, 0.5) is 9.59 Å². The molecule has 98 heavy (non-hydrogen) atoms. The summed E-state index contributed by atoms with van der Waals surface area (Å²) in [5, 5.41) is 5.38. The van der Waals surface area contributed by atoms with Crippen LogP contribution in [0.3, 0.4) is 0 Å². The molecule has 0 aliphatic carbocycles. The Labute approximate surface area is 579 Å². The average molecular weight is 1430 g/mol. The molecule has 2 aromatic heterocycles. The highest BCUT2D eigenvalue weighted by atomic mass is 32.2. The van der Waals surface area contributed by atoms with E-state index in [-0.39, 0.29) is 126 Å². The summed E-state index contributed by atoms with van der Waals surface area (Å²) in [6.45, 7) is 5.01. The Morgan fingerprint density at radius 2 is 0.602 bits per heavy atom. The highest BCUT2D eigenvalue weighted by Gasteiger charge is 2.27. The van der Waals surface area contributed by atoms with Crippen LogP contribution in [0.1, 0.15) is 205 Å². The molecule has 0 aromatic carbocycles. The summed E-state index contributed by atoms with van der Waals surface area (Å²) in [4.78, 5) is 155. The van der Waals surface area contributed by atoms with Gasteiger partial charge in [0.1, 0.15) is 57.2 Å². The highest BCUT2D eigenvalue weighted by molar-refractivity contribution is 7.99. The van der Waals surface area contributed by atoms with Gasteiger partial charge >= 0.3 is 70.2 Å². The fourth-order valence-corrected chi connectivity index (χ4v) is 11.9. The quantitative estimate of drug-likeness (QED) is 0.0183. The summed E-state index contributed by atoms with van der Waals surface area (Å²) in [5.41, 5.74) is -3.75. The largest absolute Gasteiger partial charge is 0.463 e. The number of amides is 2. The summed E-state index contributed by atoms with van der Waals surface area (Å²) >= 11 is 0.839. The molecule has 32 heteroatoms. The molecule has 5 unspecified atom stereocenters. The second-order valence-electron chi connectivity index (χ2n) is 25.3. The third kappa shape index (κ3) is 34.8. The smallest absolute Gasteiger partial charge is 0.407 e. The summed E-state index contributed by atoms with van der Waals surface area (Å²) in [6.07, 6.45) is 18.3. The van der Waals surface area contributed by atoms with Gasteiger partial charge in [-0.2, -0.15) is 0 Å². The Morgan fingerprint density at radius 1 is 0.357 bits per heavy atom. The van der Waals surface area contributed by atoms with Crippen molar-refractivity contribution in [2.45, 2.75) is 269 Å². The van der Waals surface area contributed by atoms with Gasteiger partial charge in [0.15, 0.2) is 0 Å². The van der Waals surface area contributed by atoms with Crippen LogP contribution in [0, 0.1) is 0 Å². The van der Waals surface area contributed by atoms with Crippen molar-refractivity contribution in [2.24, 2.45) is 0 Å². The van der Waals surface area contributed by atoms with E-state index in [1.165, 1.54) is 0 Å². The molecule has 4 saturated heterocycles. The number of ether oxygens (including phenoxy) is 9. The van der Waals surface area contributed by atoms with Crippen molar-refractivity contribution in [3.05, 3.63) is 62.9 Å². The van der Waals surface area contributed by atoms with Crippen molar-refractivity contribution < 1.29 is 75.6 Å². The van der Waals surface area contributed by atoms with E-state index in [1.807, 2.05) is 0 Å². The minimum absolute atomic E-state index is 0.0156. The van der Waals surface area contributed by atoms with Crippen LogP contribution in [-0.2, 0) is 105 Å². The summed E-state index contributed by atoms with van der Waals surface area (Å²) in [7, 11) is -1.56. The molecule has 0 bridgehead atoms. The first-order valence-electron chi connectivity index (χ1n) is 36.2. The van der Waals surface area contributed by atoms with Crippen molar-refractivity contribution in [1.82, 2.24) is 38.0 Å². The average Bonchev–Trinajstić information content (AvgIpc) is 1.75. The van der Waals surface area contributed by atoms with Crippen molar-refractivity contribution in [3.8, 4) is 0 Å². The normalized spacial score (nSPS) is 16.9. The standard InChI is InChI=1S/C66H107N8O22PS/c75-55(91-45-51-41-87-51)29-17-5-1-11-23-35-69-61(81)70(36-24-12-2-6-18-30-56(76)92-46-52-42-88-52)65(85)74(64(69)84)40-28-16-10-22-34-68-60(80)95-49-97-50-98-96-58(78)32-20-8-4-14-26-38-72-62(82)71(37-25-13-3-7-19-31-57(77)93-47-53-43-89-53)63(83)73(66(72)86)39-27-15-9-21-33-67-59(79)94-48-54-44-90-54/h51-54,97H,1-50H2,(H,67,79)(H,68,80)/i97D. The number of carbonyl (C=O) groups is 6. The monoisotopic (exact) mass is 1430 g/mol. The molecule has 5 atom stereocenters. The van der Waals surface area contributed by atoms with E-state index in [4.69, 9.17) is 48.1 Å². The Bertz CT molecular complexity index is 3000. The molecule has 4 aliphatic rings. The van der Waals surface area contributed by atoms with Gasteiger partial charge in [-0.3, -0.25) is 19.2 Å². The van der Waals surface area contributed by atoms with Gasteiger partial charge in [-0.25, -0.2) is 65.8 Å². The zero-order valence-corrected chi connectivity index (χ0v) is 58.9. The highest BCUT2D eigenvalue weighted by Crippen LogP contribution is 2.21. The summed E-state index contributed by atoms with van der Waals surface area (Å²) < 4.78 is 66.6. The predicted molar refractivity (Wildman–Crippen MR) is 364 cm³/mol. The molecular weight excluding hydrogens is 1320 g/mol. The van der Waals surface area contributed by atoms with Gasteiger partial charge in [-0.05, 0) is 77.0 Å². The first-order valence-corrected chi connectivity index (χ1v) is 37.9. The first kappa shape index (κ1) is 79.2. The molecular formula is C66H107N8O22PS. The van der Waals surface area contributed by atoms with Crippen molar-refractivity contribution in [3.63, 3.8) is 0 Å². The fraction of sp³-hybridized carbons (Fsp3) is 0.818. The maximum absolute atomic E-state index is 13.7. The van der Waals surface area contributed by atoms with E-state index in [0.717, 1.165) is 104 Å². The molecule has 4 fully saturated rings. The van der Waals surface area contributed by atoms with Crippen molar-refractivity contribution in [2.75, 3.05) is 77.8 Å². The van der Waals surface area contributed by atoms with Crippen LogP contribution < -0.4 is 44.8 Å². The van der Waals surface area contributed by atoms with Crippen molar-refractivity contribution in [1.29, 1.82) is 1.28 Å². The number of esters is 3. The molecule has 4 aliphatic heterocycles. The van der Waals surface area contributed by atoms with Gasteiger partial charge in [-0.1, -0.05) is 111 Å². The Morgan fingerprint density at radius 3 is 0.898 bits per heavy atom. The molecule has 2 aromatic rings. The van der Waals surface area contributed by atoms with E-state index in [1.54, 1.807) is 0 Å². The molecule has 554 valence electrons. The third-order valence-electron chi connectivity index (χ3n) is 16.9. The van der Waals surface area contributed by atoms with Crippen LogP contribution in [-0.4, -0.2) is 167 Å². The molecule has 30 nitrogen and oxygen atoms in total. The third-order valence-corrected chi connectivity index (χ3v) is 18.6. The summed E-state index contributed by atoms with van der Waals surface area (Å²) in [5.74, 6) is -1.22. The number of epoxide rings is 4. The lowest BCUT2D eigenvalue weighted by atomic mass is 10.1. The van der Waals surface area contributed by atoms with Gasteiger partial charge in [-0.15, -0.1) is 0 Å². The second kappa shape index (κ2) is 47.8. The zero-order valence-electron chi connectivity index (χ0n) is 58.2. The van der Waals surface area contributed by atoms with Gasteiger partial charge in [0.25, 0.3) is 0 Å². The number of rotatable bonds is 59. The summed E-state index contributed by atoms with van der Waals surface area (Å²) in [6, 6.07) is 0. The number of aromatic nitrogens is 6. The fourth-order valence-electron chi connectivity index (χ4n) is 10.7. The van der Waals surface area contributed by atoms with E-state index in [9.17, 15) is 57.5 Å². The van der Waals surface area contributed by atoms with Crippen LogP contribution >= 0.6 is 20.6 Å². The molecule has 0 radical (unpaired) electrons. The number of nitrogens with zero attached hydrogens (tertiary/aromatic N) is 6. The number of nitrogens with one attached hydrogen (secondary N) is 2. The van der Waals surface area contributed by atoms with E-state index in [2.05, 4.69) is 10.6 Å². The van der Waals surface area contributed by atoms with Crippen molar-refractivity contribution >= 4 is 56.6 Å². The zero-order chi connectivity index (χ0) is 70.8. The lowest BCUT2D eigenvalue weighted by molar-refractivity contribution is -0.145. The maximum atomic E-state index is 13.7. The number of unbranched alkanes of at least 4 members (excludes halogenated alkanes) is 22. The second-order valence-corrected chi connectivity index (χ2v) is 27.5. The molecule has 6 heterocycles. The number of alkyl carbamates (subject to hydrolysis) is 2. The number of hydrogen-bond acceptors (Lipinski definition) is 23. The van der Waals surface area contributed by atoms with E-state index in [0.29, 0.717) is 174 Å². The Kier molecular flexibility index (Phi) is 38.6. The Balaban J connectivity index is 0.817. The minimum Gasteiger partial charge on any atom is -0.463 e.